The third-order valence-corrected chi connectivity index (χ3v) is 1.75. The molecule has 0 aliphatic heterocycles. The fourth-order valence-electron chi connectivity index (χ4n) is 1.09. The molecule has 0 aliphatic rings. The van der Waals surface area contributed by atoms with Crippen molar-refractivity contribution >= 4 is 5.78 Å². The van der Waals surface area contributed by atoms with Crippen molar-refractivity contribution < 1.29 is 4.79 Å². The smallest absolute Gasteiger partial charge is 0.133 e. The third-order valence-electron chi connectivity index (χ3n) is 1.75. The zero-order chi connectivity index (χ0) is 8.15. The summed E-state index contributed by atoms with van der Waals surface area (Å²) in [6.45, 7) is 9.39. The van der Waals surface area contributed by atoms with Crippen LogP contribution in [0.5, 0.6) is 0 Å². The van der Waals surface area contributed by atoms with Gasteiger partial charge in [-0.25, -0.2) is 0 Å². The zero-order valence-electron chi connectivity index (χ0n) is 7.05. The van der Waals surface area contributed by atoms with E-state index in [2.05, 4.69) is 20.4 Å². The van der Waals surface area contributed by atoms with Gasteiger partial charge in [0.05, 0.1) is 0 Å². The molecule has 58 valence electrons. The number of Topliss-reactive ketones (excluding diaryl/α,β-unsaturated/α-hetero) is 1. The maximum absolute atomic E-state index is 10.9. The van der Waals surface area contributed by atoms with E-state index < -0.39 is 0 Å². The number of carbonyl (C=O) groups excluding carboxylic acids is 1. The van der Waals surface area contributed by atoms with Crippen molar-refractivity contribution in [2.24, 2.45) is 11.8 Å². The predicted molar refractivity (Wildman–Crippen MR) is 43.8 cm³/mol. The summed E-state index contributed by atoms with van der Waals surface area (Å²) >= 11 is 0. The molecule has 0 amide bonds. The van der Waals surface area contributed by atoms with E-state index in [4.69, 9.17) is 0 Å². The van der Waals surface area contributed by atoms with Crippen molar-refractivity contribution in [3.63, 3.8) is 0 Å². The summed E-state index contributed by atoms with van der Waals surface area (Å²) in [5, 5.41) is 0. The summed E-state index contributed by atoms with van der Waals surface area (Å²) < 4.78 is 0. The minimum absolute atomic E-state index is 0.178. The quantitative estimate of drug-likeness (QED) is 0.548. The Morgan fingerprint density at radius 2 is 2.10 bits per heavy atom. The molecule has 0 aromatic heterocycles. The molecule has 1 heteroatoms. The molecule has 0 radical (unpaired) electrons. The predicted octanol–water partition coefficient (Wildman–Crippen LogP) is 2.42. The highest BCUT2D eigenvalue weighted by Crippen LogP contribution is 2.15. The lowest BCUT2D eigenvalue weighted by molar-refractivity contribution is -0.121. The molecule has 0 fully saturated rings. The molecule has 0 aromatic rings. The molecule has 0 heterocycles. The van der Waals surface area contributed by atoms with Crippen LogP contribution in [-0.4, -0.2) is 5.78 Å². The standard InChI is InChI=1S/C9H16O/c1-5-6-9(7(2)3)8(4)10/h5,7,9H,1,6H2,2-4H3/t9-/m0/s1. The summed E-state index contributed by atoms with van der Waals surface area (Å²) in [7, 11) is 0. The van der Waals surface area contributed by atoms with Gasteiger partial charge in [0, 0.05) is 5.92 Å². The van der Waals surface area contributed by atoms with Crippen LogP contribution in [0.15, 0.2) is 12.7 Å². The van der Waals surface area contributed by atoms with Crippen LogP contribution in [0.1, 0.15) is 27.2 Å². The highest BCUT2D eigenvalue weighted by Gasteiger charge is 2.15. The molecule has 0 rings (SSSR count). The molecule has 0 bridgehead atoms. The lowest BCUT2D eigenvalue weighted by atomic mass is 9.89. The van der Waals surface area contributed by atoms with E-state index in [1.807, 2.05) is 6.08 Å². The summed E-state index contributed by atoms with van der Waals surface area (Å²) in [5.41, 5.74) is 0. The fourth-order valence-corrected chi connectivity index (χ4v) is 1.09. The lowest BCUT2D eigenvalue weighted by Gasteiger charge is -2.14. The SMILES string of the molecule is C=CC[C@H](C(C)=O)C(C)C. The maximum atomic E-state index is 10.9. The lowest BCUT2D eigenvalue weighted by Crippen LogP contribution is -2.16. The maximum Gasteiger partial charge on any atom is 0.133 e. The molecule has 10 heavy (non-hydrogen) atoms. The van der Waals surface area contributed by atoms with E-state index in [0.29, 0.717) is 5.92 Å². The van der Waals surface area contributed by atoms with Crippen LogP contribution < -0.4 is 0 Å². The Morgan fingerprint density at radius 1 is 1.60 bits per heavy atom. The van der Waals surface area contributed by atoms with Crippen molar-refractivity contribution in [3.8, 4) is 0 Å². The molecule has 0 aliphatic carbocycles. The first-order valence-electron chi connectivity index (χ1n) is 3.71. The normalized spacial score (nSPS) is 13.2. The van der Waals surface area contributed by atoms with Crippen LogP contribution in [-0.2, 0) is 4.79 Å². The molecule has 0 unspecified atom stereocenters. The van der Waals surface area contributed by atoms with Crippen LogP contribution in [0.3, 0.4) is 0 Å². The molecule has 0 N–H and O–H groups in total. The van der Waals surface area contributed by atoms with Gasteiger partial charge in [0.15, 0.2) is 0 Å². The van der Waals surface area contributed by atoms with E-state index in [1.54, 1.807) is 6.92 Å². The molecule has 0 saturated heterocycles. The second-order valence-electron chi connectivity index (χ2n) is 2.99. The van der Waals surface area contributed by atoms with Gasteiger partial charge >= 0.3 is 0 Å². The van der Waals surface area contributed by atoms with E-state index in [1.165, 1.54) is 0 Å². The van der Waals surface area contributed by atoms with E-state index >= 15 is 0 Å². The number of hydrogen-bond donors (Lipinski definition) is 0. The van der Waals surface area contributed by atoms with Gasteiger partial charge in [-0.2, -0.15) is 0 Å². The van der Waals surface area contributed by atoms with E-state index in [9.17, 15) is 4.79 Å². The summed E-state index contributed by atoms with van der Waals surface area (Å²) in [5.74, 6) is 0.892. The average molecular weight is 140 g/mol. The van der Waals surface area contributed by atoms with Gasteiger partial charge in [0.1, 0.15) is 5.78 Å². The highest BCUT2D eigenvalue weighted by molar-refractivity contribution is 5.78. The Labute approximate surface area is 63.1 Å². The van der Waals surface area contributed by atoms with Gasteiger partial charge in [-0.1, -0.05) is 19.9 Å². The fraction of sp³-hybridized carbons (Fsp3) is 0.667. The first kappa shape index (κ1) is 9.41. The Kier molecular flexibility index (Phi) is 4.01. The van der Waals surface area contributed by atoms with Crippen molar-refractivity contribution in [2.75, 3.05) is 0 Å². The van der Waals surface area contributed by atoms with Crippen LogP contribution in [0.4, 0.5) is 0 Å². The van der Waals surface area contributed by atoms with Crippen molar-refractivity contribution in [3.05, 3.63) is 12.7 Å². The van der Waals surface area contributed by atoms with Gasteiger partial charge < -0.3 is 0 Å². The Balaban J connectivity index is 3.97. The van der Waals surface area contributed by atoms with E-state index in [-0.39, 0.29) is 11.7 Å². The minimum Gasteiger partial charge on any atom is -0.300 e. The topological polar surface area (TPSA) is 17.1 Å². The summed E-state index contributed by atoms with van der Waals surface area (Å²) in [6, 6.07) is 0. The van der Waals surface area contributed by atoms with Crippen LogP contribution in [0, 0.1) is 11.8 Å². The van der Waals surface area contributed by atoms with Crippen molar-refractivity contribution in [2.45, 2.75) is 27.2 Å². The van der Waals surface area contributed by atoms with Gasteiger partial charge in [-0.05, 0) is 19.3 Å². The number of rotatable bonds is 4. The number of allylic oxidation sites excluding steroid dienone is 1. The zero-order valence-corrected chi connectivity index (χ0v) is 7.05. The van der Waals surface area contributed by atoms with Crippen LogP contribution in [0.25, 0.3) is 0 Å². The largest absolute Gasteiger partial charge is 0.300 e. The van der Waals surface area contributed by atoms with Crippen LogP contribution in [0.2, 0.25) is 0 Å². The second-order valence-corrected chi connectivity index (χ2v) is 2.99. The van der Waals surface area contributed by atoms with Gasteiger partial charge in [0.25, 0.3) is 0 Å². The molecule has 1 atom stereocenters. The first-order chi connectivity index (χ1) is 4.59. The van der Waals surface area contributed by atoms with Crippen LogP contribution >= 0.6 is 0 Å². The second kappa shape index (κ2) is 4.26. The van der Waals surface area contributed by atoms with Gasteiger partial charge in [-0.3, -0.25) is 4.79 Å². The van der Waals surface area contributed by atoms with E-state index in [0.717, 1.165) is 6.42 Å². The highest BCUT2D eigenvalue weighted by atomic mass is 16.1. The molecular weight excluding hydrogens is 124 g/mol. The van der Waals surface area contributed by atoms with Crippen molar-refractivity contribution in [1.29, 1.82) is 0 Å². The first-order valence-corrected chi connectivity index (χ1v) is 3.71. The van der Waals surface area contributed by atoms with Gasteiger partial charge in [0.2, 0.25) is 0 Å². The molecule has 0 spiro atoms. The number of hydrogen-bond acceptors (Lipinski definition) is 1. The molecule has 0 aromatic carbocycles. The van der Waals surface area contributed by atoms with Crippen molar-refractivity contribution in [1.82, 2.24) is 0 Å². The summed E-state index contributed by atoms with van der Waals surface area (Å²) in [4.78, 5) is 10.9. The number of ketones is 1. The molecule has 1 nitrogen and oxygen atoms in total. The summed E-state index contributed by atoms with van der Waals surface area (Å²) in [6.07, 6.45) is 2.62. The minimum atomic E-state index is 0.178. The Bertz CT molecular complexity index is 125. The number of carbonyl (C=O) groups is 1. The Hall–Kier alpha value is -0.590. The molecule has 0 saturated carbocycles. The third kappa shape index (κ3) is 2.81. The Morgan fingerprint density at radius 3 is 2.20 bits per heavy atom. The monoisotopic (exact) mass is 140 g/mol. The average Bonchev–Trinajstić information content (AvgIpc) is 1.81. The molecular formula is C9H16O. The van der Waals surface area contributed by atoms with Gasteiger partial charge in [-0.15, -0.1) is 6.58 Å².